The molecular formula is C17H21F3N4O2S. The summed E-state index contributed by atoms with van der Waals surface area (Å²) in [5.74, 6) is 0.552. The highest BCUT2D eigenvalue weighted by atomic mass is 32.2. The number of halogens is 3. The Hall–Kier alpha value is -1.81. The van der Waals surface area contributed by atoms with Crippen LogP contribution in [0.3, 0.4) is 0 Å². The lowest BCUT2D eigenvalue weighted by atomic mass is 9.85. The molecule has 10 heteroatoms. The molecule has 2 saturated heterocycles. The standard InChI is InChI=1S/C17H21F3N4O2S/c1-16(2)14-9-22(7-11(14)8-24(16)27(3,25)26)15-5-12(17(18,19)20)4-13-6-21-10-23(13)15/h4-6,10-11,14H,7-9H2,1-3H3/t11-,14-/m0/s1. The minimum absolute atomic E-state index is 0.0420. The van der Waals surface area contributed by atoms with Gasteiger partial charge in [-0.1, -0.05) is 0 Å². The summed E-state index contributed by atoms with van der Waals surface area (Å²) >= 11 is 0. The van der Waals surface area contributed by atoms with Gasteiger partial charge in [-0.3, -0.25) is 4.40 Å². The first-order valence-electron chi connectivity index (χ1n) is 8.65. The van der Waals surface area contributed by atoms with E-state index in [1.54, 1.807) is 4.40 Å². The second kappa shape index (κ2) is 5.60. The van der Waals surface area contributed by atoms with Crippen LogP contribution < -0.4 is 4.90 Å². The second-order valence-electron chi connectivity index (χ2n) is 8.01. The fourth-order valence-corrected chi connectivity index (χ4v) is 6.11. The summed E-state index contributed by atoms with van der Waals surface area (Å²) in [6.45, 7) is 5.17. The zero-order chi connectivity index (χ0) is 19.8. The summed E-state index contributed by atoms with van der Waals surface area (Å²) in [6, 6.07) is 2.24. The number of imidazole rings is 1. The summed E-state index contributed by atoms with van der Waals surface area (Å²) < 4.78 is 67.3. The highest BCUT2D eigenvalue weighted by Gasteiger charge is 2.55. The maximum absolute atomic E-state index is 13.3. The van der Waals surface area contributed by atoms with Gasteiger partial charge in [0.05, 0.1) is 23.5 Å². The predicted octanol–water partition coefficient (Wildman–Crippen LogP) is 2.46. The third kappa shape index (κ3) is 2.89. The van der Waals surface area contributed by atoms with Gasteiger partial charge in [-0.2, -0.15) is 17.5 Å². The van der Waals surface area contributed by atoms with Gasteiger partial charge in [-0.15, -0.1) is 0 Å². The number of anilines is 1. The molecule has 0 bridgehead atoms. The number of sulfonamides is 1. The van der Waals surface area contributed by atoms with Crippen LogP contribution in [-0.2, 0) is 16.2 Å². The second-order valence-corrected chi connectivity index (χ2v) is 9.91. The molecule has 0 unspecified atom stereocenters. The third-order valence-electron chi connectivity index (χ3n) is 5.95. The van der Waals surface area contributed by atoms with Crippen LogP contribution >= 0.6 is 0 Å². The molecule has 4 heterocycles. The summed E-state index contributed by atoms with van der Waals surface area (Å²) in [5.41, 5.74) is -0.906. The minimum atomic E-state index is -4.44. The smallest absolute Gasteiger partial charge is 0.357 e. The first-order chi connectivity index (χ1) is 12.4. The highest BCUT2D eigenvalue weighted by molar-refractivity contribution is 7.88. The van der Waals surface area contributed by atoms with E-state index in [0.717, 1.165) is 12.1 Å². The highest BCUT2D eigenvalue weighted by Crippen LogP contribution is 2.46. The molecule has 27 heavy (non-hydrogen) atoms. The van der Waals surface area contributed by atoms with Crippen molar-refractivity contribution in [2.75, 3.05) is 30.8 Å². The van der Waals surface area contributed by atoms with E-state index in [-0.39, 0.29) is 11.8 Å². The minimum Gasteiger partial charge on any atom is -0.357 e. The molecule has 0 spiro atoms. The molecule has 2 aromatic heterocycles. The Morgan fingerprint density at radius 1 is 1.19 bits per heavy atom. The van der Waals surface area contributed by atoms with Crippen LogP contribution in [0.25, 0.3) is 5.52 Å². The fraction of sp³-hybridized carbons (Fsp3) is 0.588. The van der Waals surface area contributed by atoms with Gasteiger partial charge in [0.2, 0.25) is 10.0 Å². The van der Waals surface area contributed by atoms with Gasteiger partial charge in [-0.25, -0.2) is 13.4 Å². The van der Waals surface area contributed by atoms with Gasteiger partial charge in [0.25, 0.3) is 0 Å². The largest absolute Gasteiger partial charge is 0.416 e. The van der Waals surface area contributed by atoms with Gasteiger partial charge in [0.1, 0.15) is 12.1 Å². The van der Waals surface area contributed by atoms with Crippen LogP contribution in [0.4, 0.5) is 19.0 Å². The average Bonchev–Trinajstić information content (AvgIpc) is 3.20. The van der Waals surface area contributed by atoms with E-state index < -0.39 is 27.3 Å². The van der Waals surface area contributed by atoms with Crippen LogP contribution in [0, 0.1) is 11.8 Å². The number of hydrogen-bond donors (Lipinski definition) is 0. The first-order valence-corrected chi connectivity index (χ1v) is 10.5. The number of alkyl halides is 3. The Morgan fingerprint density at radius 3 is 2.48 bits per heavy atom. The lowest BCUT2D eigenvalue weighted by Gasteiger charge is -2.35. The molecule has 2 aromatic rings. The van der Waals surface area contributed by atoms with Crippen LogP contribution in [0.5, 0.6) is 0 Å². The lowest BCUT2D eigenvalue weighted by molar-refractivity contribution is -0.137. The van der Waals surface area contributed by atoms with Crippen molar-refractivity contribution in [1.29, 1.82) is 0 Å². The number of aromatic nitrogens is 2. The molecule has 0 radical (unpaired) electrons. The molecule has 2 atom stereocenters. The molecule has 4 rings (SSSR count). The van der Waals surface area contributed by atoms with Crippen molar-refractivity contribution >= 4 is 21.4 Å². The number of rotatable bonds is 2. The van der Waals surface area contributed by atoms with Gasteiger partial charge in [-0.05, 0) is 31.9 Å². The normalized spacial score (nSPS) is 26.1. The summed E-state index contributed by atoms with van der Waals surface area (Å²) in [7, 11) is -3.34. The number of hydrogen-bond acceptors (Lipinski definition) is 4. The lowest BCUT2D eigenvalue weighted by Crippen LogP contribution is -2.47. The molecule has 2 aliphatic heterocycles. The summed E-state index contributed by atoms with van der Waals surface area (Å²) in [6.07, 6.45) is -0.323. The van der Waals surface area contributed by atoms with Crippen LogP contribution in [0.15, 0.2) is 24.7 Å². The molecule has 148 valence electrons. The van der Waals surface area contributed by atoms with E-state index in [0.29, 0.717) is 31.0 Å². The third-order valence-corrected chi connectivity index (χ3v) is 7.37. The predicted molar refractivity (Wildman–Crippen MR) is 95.0 cm³/mol. The molecule has 0 saturated carbocycles. The van der Waals surface area contributed by atoms with E-state index in [4.69, 9.17) is 0 Å². The Kier molecular flexibility index (Phi) is 3.85. The topological polar surface area (TPSA) is 57.9 Å². The molecule has 0 aliphatic carbocycles. The molecule has 2 aliphatic rings. The van der Waals surface area contributed by atoms with E-state index in [1.165, 1.54) is 23.1 Å². The molecular weight excluding hydrogens is 381 g/mol. The van der Waals surface area contributed by atoms with Crippen LogP contribution in [-0.4, -0.2) is 53.5 Å². The van der Waals surface area contributed by atoms with Crippen molar-refractivity contribution < 1.29 is 21.6 Å². The maximum atomic E-state index is 13.3. The summed E-state index contributed by atoms with van der Waals surface area (Å²) in [5, 5.41) is 0. The Bertz CT molecular complexity index is 999. The quantitative estimate of drug-likeness (QED) is 0.774. The fourth-order valence-electron chi connectivity index (χ4n) is 4.66. The van der Waals surface area contributed by atoms with Crippen molar-refractivity contribution in [1.82, 2.24) is 13.7 Å². The van der Waals surface area contributed by atoms with E-state index in [9.17, 15) is 21.6 Å². The Morgan fingerprint density at radius 2 is 1.89 bits per heavy atom. The van der Waals surface area contributed by atoms with Crippen molar-refractivity contribution in [3.63, 3.8) is 0 Å². The van der Waals surface area contributed by atoms with Crippen LogP contribution in [0.1, 0.15) is 19.4 Å². The SMILES string of the molecule is CC1(C)[C@H]2CN(c3cc(C(F)(F)F)cc4cncn34)C[C@H]2CN1S(C)(=O)=O. The number of nitrogens with zero attached hydrogens (tertiary/aromatic N) is 4. The molecule has 0 aromatic carbocycles. The van der Waals surface area contributed by atoms with Crippen LogP contribution in [0.2, 0.25) is 0 Å². The Balaban J connectivity index is 1.71. The number of pyridine rings is 1. The van der Waals surface area contributed by atoms with Crippen molar-refractivity contribution in [2.24, 2.45) is 11.8 Å². The zero-order valence-corrected chi connectivity index (χ0v) is 16.0. The van der Waals surface area contributed by atoms with Gasteiger partial charge in [0, 0.05) is 31.1 Å². The molecule has 2 fully saturated rings. The van der Waals surface area contributed by atoms with Gasteiger partial charge < -0.3 is 4.90 Å². The maximum Gasteiger partial charge on any atom is 0.416 e. The van der Waals surface area contributed by atoms with Crippen molar-refractivity contribution in [3.8, 4) is 0 Å². The summed E-state index contributed by atoms with van der Waals surface area (Å²) in [4.78, 5) is 5.90. The van der Waals surface area contributed by atoms with E-state index >= 15 is 0 Å². The van der Waals surface area contributed by atoms with Crippen molar-refractivity contribution in [3.05, 3.63) is 30.2 Å². The van der Waals surface area contributed by atoms with Crippen molar-refractivity contribution in [2.45, 2.75) is 25.6 Å². The number of fused-ring (bicyclic) bond motifs is 2. The van der Waals surface area contributed by atoms with Gasteiger partial charge >= 0.3 is 6.18 Å². The van der Waals surface area contributed by atoms with E-state index in [2.05, 4.69) is 4.98 Å². The molecule has 0 amide bonds. The average molecular weight is 402 g/mol. The first kappa shape index (κ1) is 18.5. The van der Waals surface area contributed by atoms with Gasteiger partial charge in [0.15, 0.2) is 0 Å². The molecule has 0 N–H and O–H groups in total. The monoisotopic (exact) mass is 402 g/mol. The van der Waals surface area contributed by atoms with E-state index in [1.807, 2.05) is 18.7 Å². The molecule has 6 nitrogen and oxygen atoms in total. The zero-order valence-electron chi connectivity index (χ0n) is 15.2. The Labute approximate surface area is 155 Å².